The van der Waals surface area contributed by atoms with Gasteiger partial charge in [0.2, 0.25) is 5.91 Å². The summed E-state index contributed by atoms with van der Waals surface area (Å²) < 4.78 is 6.25. The van der Waals surface area contributed by atoms with Crippen LogP contribution < -0.4 is 20.7 Å². The number of anilines is 4. The highest BCUT2D eigenvalue weighted by molar-refractivity contribution is 7.97. The Balaban J connectivity index is 1.11. The monoisotopic (exact) mass is 766 g/mol. The summed E-state index contributed by atoms with van der Waals surface area (Å²) in [6.45, 7) is 9.79. The molecule has 4 aromatic heterocycles. The van der Waals surface area contributed by atoms with Crippen molar-refractivity contribution in [2.45, 2.75) is 85.6 Å². The number of nitrogens with zero attached hydrogens (tertiary/aromatic N) is 7. The van der Waals surface area contributed by atoms with E-state index in [0.29, 0.717) is 35.3 Å². The van der Waals surface area contributed by atoms with Crippen LogP contribution in [0.2, 0.25) is 0 Å². The third kappa shape index (κ3) is 8.24. The highest BCUT2D eigenvalue weighted by Crippen LogP contribution is 2.54. The zero-order valence-electron chi connectivity index (χ0n) is 31.8. The average molecular weight is 767 g/mol. The summed E-state index contributed by atoms with van der Waals surface area (Å²) in [5.74, 6) is 4.33. The predicted octanol–water partition coefficient (Wildman–Crippen LogP) is 8.36. The van der Waals surface area contributed by atoms with Crippen molar-refractivity contribution in [3.8, 4) is 11.1 Å². The molecule has 1 aromatic carbocycles. The van der Waals surface area contributed by atoms with Gasteiger partial charge < -0.3 is 16.0 Å². The van der Waals surface area contributed by atoms with Gasteiger partial charge in [0.1, 0.15) is 11.5 Å². The second kappa shape index (κ2) is 16.0. The third-order valence-corrected chi connectivity index (χ3v) is 13.2. The summed E-state index contributed by atoms with van der Waals surface area (Å²) in [7, 11) is 1.87. The number of aromatic nitrogens is 6. The van der Waals surface area contributed by atoms with E-state index in [2.05, 4.69) is 50.7 Å². The smallest absolute Gasteiger partial charge is 0.280 e. The summed E-state index contributed by atoms with van der Waals surface area (Å²) in [4.78, 5) is 36.5. The first-order chi connectivity index (χ1) is 26.0. The molecule has 54 heavy (non-hydrogen) atoms. The second-order valence-electron chi connectivity index (χ2n) is 15.5. The number of fused-ring (bicyclic) bond motifs is 3. The molecule has 2 amide bonds. The zero-order chi connectivity index (χ0) is 38.0. The van der Waals surface area contributed by atoms with E-state index in [1.54, 1.807) is 11.3 Å². The Kier molecular flexibility index (Phi) is 11.2. The van der Waals surface area contributed by atoms with Crippen molar-refractivity contribution in [1.29, 1.82) is 0 Å². The first-order valence-corrected chi connectivity index (χ1v) is 20.7. The first-order valence-electron chi connectivity index (χ1n) is 18.9. The molecule has 0 radical (unpaired) electrons. The fourth-order valence-electron chi connectivity index (χ4n) is 8.37. The molecular weight excluding hydrogens is 717 g/mol. The van der Waals surface area contributed by atoms with Gasteiger partial charge in [-0.25, -0.2) is 9.97 Å². The highest BCUT2D eigenvalue weighted by Gasteiger charge is 2.45. The Morgan fingerprint density at radius 2 is 1.80 bits per heavy atom. The number of carbonyl (C=O) groups is 2. The number of carbonyl (C=O) groups excluding carboxylic acids is 2. The number of rotatable bonds is 15. The van der Waals surface area contributed by atoms with Crippen LogP contribution >= 0.6 is 23.3 Å². The van der Waals surface area contributed by atoms with E-state index in [-0.39, 0.29) is 17.2 Å². The highest BCUT2D eigenvalue weighted by atomic mass is 32.2. The van der Waals surface area contributed by atoms with Crippen LogP contribution in [0.1, 0.15) is 87.0 Å². The van der Waals surface area contributed by atoms with E-state index in [1.807, 2.05) is 67.5 Å². The van der Waals surface area contributed by atoms with Gasteiger partial charge in [0.25, 0.3) is 5.91 Å². The minimum absolute atomic E-state index is 0.199. The van der Waals surface area contributed by atoms with Crippen LogP contribution in [-0.4, -0.2) is 54.6 Å². The number of hydrogen-bond acceptors (Lipinski definition) is 11. The molecule has 2 bridgehead atoms. The molecule has 2 aliphatic carbocycles. The summed E-state index contributed by atoms with van der Waals surface area (Å²) >= 11 is 2.91. The van der Waals surface area contributed by atoms with E-state index < -0.39 is 0 Å². The molecule has 284 valence electrons. The van der Waals surface area contributed by atoms with Gasteiger partial charge in [-0.15, -0.1) is 10.2 Å². The lowest BCUT2D eigenvalue weighted by Crippen LogP contribution is -2.35. The number of hydrogen-bond donors (Lipinski definition) is 3. The van der Waals surface area contributed by atoms with Crippen LogP contribution in [0.3, 0.4) is 0 Å². The second-order valence-corrected chi connectivity index (χ2v) is 17.4. The molecule has 0 aliphatic heterocycles. The van der Waals surface area contributed by atoms with Crippen LogP contribution in [0.15, 0.2) is 48.7 Å². The Bertz CT molecular complexity index is 2100. The maximum absolute atomic E-state index is 13.9. The van der Waals surface area contributed by atoms with E-state index in [1.165, 1.54) is 37.6 Å². The van der Waals surface area contributed by atoms with Gasteiger partial charge in [0, 0.05) is 42.6 Å². The molecule has 2 atom stereocenters. The zero-order valence-corrected chi connectivity index (χ0v) is 33.4. The quantitative estimate of drug-likeness (QED) is 0.0699. The van der Waals surface area contributed by atoms with Crippen molar-refractivity contribution < 1.29 is 9.59 Å². The van der Waals surface area contributed by atoms with Crippen LogP contribution in [-0.2, 0) is 11.3 Å². The molecule has 5 aromatic rings. The molecule has 4 heterocycles. The maximum Gasteiger partial charge on any atom is 0.280 e. The maximum atomic E-state index is 13.9. The number of para-hydroxylation sites is 1. The number of benzene rings is 1. The molecule has 0 spiro atoms. The van der Waals surface area contributed by atoms with Gasteiger partial charge in [-0.3, -0.25) is 19.0 Å². The van der Waals surface area contributed by atoms with Gasteiger partial charge in [0.05, 0.1) is 16.4 Å². The van der Waals surface area contributed by atoms with Gasteiger partial charge in [-0.2, -0.15) is 5.10 Å². The molecule has 7 rings (SSSR count). The normalized spacial score (nSPS) is 20.6. The van der Waals surface area contributed by atoms with Crippen LogP contribution in [0.5, 0.6) is 0 Å². The SMILES string of the molecule is Cc1cc(N(C)c2ccc(-c3cnn(CC4(C)CC5CCC(C4)C5C)c3C)c(C(=O)NSCCCCCC(N)=O)n2)nnc1Nc1nc2ccccc2s1. The van der Waals surface area contributed by atoms with Crippen molar-refractivity contribution in [2.24, 2.45) is 28.9 Å². The predicted molar refractivity (Wildman–Crippen MR) is 218 cm³/mol. The van der Waals surface area contributed by atoms with E-state index in [0.717, 1.165) is 81.3 Å². The standard InChI is InChI=1S/C40H50N10O2S2/c1-24-19-35(46-47-37(24)45-39-43-31-11-8-9-12-32(31)54-39)49(5)34-17-16-29(36(44-34)38(52)48-53-18-10-6-7-13-33(41)51)30-22-42-50(26(30)3)23-40(4)20-27-14-15-28(21-40)25(27)2/h8-9,11-12,16-17,19,22,25,27-28H,6-7,10,13-15,18,20-21,23H2,1-5H3,(H2,41,51)(H,48,52)(H,43,45,47). The van der Waals surface area contributed by atoms with Crippen LogP contribution in [0.4, 0.5) is 22.6 Å². The lowest BCUT2D eigenvalue weighted by Gasteiger charge is -2.41. The van der Waals surface area contributed by atoms with Crippen molar-refractivity contribution in [3.63, 3.8) is 0 Å². The summed E-state index contributed by atoms with van der Waals surface area (Å²) in [6, 6.07) is 13.8. The summed E-state index contributed by atoms with van der Waals surface area (Å²) in [5.41, 5.74) is 10.3. The number of pyridine rings is 1. The minimum Gasteiger partial charge on any atom is -0.370 e. The lowest BCUT2D eigenvalue weighted by molar-refractivity contribution is -0.118. The van der Waals surface area contributed by atoms with Crippen molar-refractivity contribution >= 4 is 67.9 Å². The lowest BCUT2D eigenvalue weighted by atomic mass is 9.66. The Morgan fingerprint density at radius 3 is 2.54 bits per heavy atom. The van der Waals surface area contributed by atoms with E-state index in [9.17, 15) is 9.59 Å². The number of primary amides is 1. The molecule has 4 N–H and O–H groups in total. The Hall–Kier alpha value is -4.56. The molecule has 14 heteroatoms. The molecule has 12 nitrogen and oxygen atoms in total. The van der Waals surface area contributed by atoms with E-state index >= 15 is 0 Å². The number of nitrogens with one attached hydrogen (secondary N) is 2. The molecule has 2 fully saturated rings. The fourth-order valence-corrected chi connectivity index (χ4v) is 9.91. The number of thiazole rings is 1. The van der Waals surface area contributed by atoms with Crippen molar-refractivity contribution in [1.82, 2.24) is 34.7 Å². The summed E-state index contributed by atoms with van der Waals surface area (Å²) in [5, 5.41) is 18.0. The minimum atomic E-state index is -0.286. The van der Waals surface area contributed by atoms with E-state index in [4.69, 9.17) is 15.8 Å². The third-order valence-electron chi connectivity index (χ3n) is 11.4. The number of nitrogens with two attached hydrogens (primary N) is 1. The van der Waals surface area contributed by atoms with Crippen LogP contribution in [0.25, 0.3) is 21.3 Å². The average Bonchev–Trinajstić information content (AvgIpc) is 3.79. The topological polar surface area (TPSA) is 157 Å². The number of aryl methyl sites for hydroxylation is 1. The number of unbranched alkanes of at least 4 members (excludes halogenated alkanes) is 2. The van der Waals surface area contributed by atoms with Crippen molar-refractivity contribution in [3.05, 3.63) is 65.6 Å². The van der Waals surface area contributed by atoms with Gasteiger partial charge in [-0.1, -0.05) is 55.7 Å². The molecule has 0 saturated heterocycles. The summed E-state index contributed by atoms with van der Waals surface area (Å²) in [6.07, 6.45) is 9.88. The van der Waals surface area contributed by atoms with Gasteiger partial charge in [-0.05, 0) is 111 Å². The Labute approximate surface area is 325 Å². The van der Waals surface area contributed by atoms with Gasteiger partial charge in [0.15, 0.2) is 16.8 Å². The van der Waals surface area contributed by atoms with Gasteiger partial charge >= 0.3 is 0 Å². The first kappa shape index (κ1) is 37.7. The fraction of sp³-hybridized carbons (Fsp3) is 0.475. The van der Waals surface area contributed by atoms with Crippen molar-refractivity contribution in [2.75, 3.05) is 23.0 Å². The molecule has 2 saturated carbocycles. The molecular formula is C40H50N10O2S2. The Morgan fingerprint density at radius 1 is 1.02 bits per heavy atom. The number of amides is 2. The largest absolute Gasteiger partial charge is 0.370 e. The van der Waals surface area contributed by atoms with Crippen LogP contribution in [0, 0.1) is 37.0 Å². The molecule has 2 unspecified atom stereocenters. The molecule has 2 aliphatic rings.